The van der Waals surface area contributed by atoms with Gasteiger partial charge in [0, 0.05) is 31.1 Å². The van der Waals surface area contributed by atoms with Gasteiger partial charge in [0.05, 0.1) is 26.2 Å². The molecule has 4 amide bonds. The Morgan fingerprint density at radius 2 is 2.03 bits per heavy atom. The van der Waals surface area contributed by atoms with Crippen LogP contribution in [0, 0.1) is 0 Å². The van der Waals surface area contributed by atoms with E-state index in [2.05, 4.69) is 10.3 Å². The number of carbonyl (C=O) groups excluding carboxylic acids is 4. The van der Waals surface area contributed by atoms with Crippen LogP contribution < -0.4 is 15.0 Å². The molecule has 0 saturated carbocycles. The third-order valence-electron chi connectivity index (χ3n) is 7.42. The fourth-order valence-electron chi connectivity index (χ4n) is 5.48. The Morgan fingerprint density at radius 3 is 2.76 bits per heavy atom. The maximum Gasteiger partial charge on any atom is 0.254 e. The number of rotatable bonds is 6. The second-order valence-corrected chi connectivity index (χ2v) is 9.62. The largest absolute Gasteiger partial charge is 0.497 e. The number of carbonyl (C=O) groups is 4. The Morgan fingerprint density at radius 1 is 1.19 bits per heavy atom. The fraction of sp³-hybridized carbons (Fsp3) is 0.346. The Hall–Kier alpha value is -4.25. The van der Waals surface area contributed by atoms with Crippen molar-refractivity contribution in [2.45, 2.75) is 37.3 Å². The summed E-state index contributed by atoms with van der Waals surface area (Å²) >= 11 is 0. The summed E-state index contributed by atoms with van der Waals surface area (Å²) in [5.74, 6) is -0.261. The topological polar surface area (TPSA) is 142 Å². The van der Waals surface area contributed by atoms with Crippen molar-refractivity contribution in [3.8, 4) is 5.75 Å². The zero-order valence-corrected chi connectivity index (χ0v) is 20.0. The van der Waals surface area contributed by atoms with E-state index in [1.165, 1.54) is 16.9 Å². The molecule has 2 fully saturated rings. The second kappa shape index (κ2) is 8.41. The number of nitrogens with one attached hydrogen (secondary N) is 1. The highest BCUT2D eigenvalue weighted by atomic mass is 16.5. The number of aromatic nitrogens is 1. The lowest BCUT2D eigenvalue weighted by molar-refractivity contribution is -0.127. The monoisotopic (exact) mass is 504 g/mol. The van der Waals surface area contributed by atoms with E-state index < -0.39 is 17.2 Å². The Balaban J connectivity index is 1.36. The molecule has 2 N–H and O–H groups in total. The van der Waals surface area contributed by atoms with E-state index in [1.807, 2.05) is 6.07 Å². The highest BCUT2D eigenvalue weighted by molar-refractivity contribution is 6.10. The number of benzene rings is 1. The predicted molar refractivity (Wildman–Crippen MR) is 129 cm³/mol. The summed E-state index contributed by atoms with van der Waals surface area (Å²) in [5.41, 5.74) is 0.630. The van der Waals surface area contributed by atoms with E-state index in [1.54, 1.807) is 30.3 Å². The average molecular weight is 504 g/mol. The maximum absolute atomic E-state index is 13.2. The minimum atomic E-state index is -1.43. The molecule has 3 aliphatic rings. The van der Waals surface area contributed by atoms with E-state index in [0.717, 1.165) is 5.56 Å². The lowest BCUT2D eigenvalue weighted by Gasteiger charge is -2.28. The molecule has 1 aromatic carbocycles. The molecule has 5 heterocycles. The summed E-state index contributed by atoms with van der Waals surface area (Å²) in [4.78, 5) is 58.8. The number of nitrogens with zero attached hydrogens (tertiary/aromatic N) is 3. The Kier molecular flexibility index (Phi) is 5.27. The third-order valence-corrected chi connectivity index (χ3v) is 7.42. The summed E-state index contributed by atoms with van der Waals surface area (Å²) in [7, 11) is 1.52. The molecule has 0 unspecified atom stereocenters. The number of ether oxygens (including phenoxy) is 1. The number of furan rings is 1. The van der Waals surface area contributed by atoms with E-state index in [-0.39, 0.29) is 49.7 Å². The molecule has 3 aromatic rings. The highest BCUT2D eigenvalue weighted by Gasteiger charge is 2.53. The molecule has 2 aromatic heterocycles. The van der Waals surface area contributed by atoms with Crippen molar-refractivity contribution in [2.24, 2.45) is 0 Å². The average Bonchev–Trinajstić information content (AvgIpc) is 3.63. The minimum Gasteiger partial charge on any atom is -0.497 e. The third kappa shape index (κ3) is 3.57. The number of aliphatic hydroxyl groups excluding tert-OH is 1. The van der Waals surface area contributed by atoms with E-state index in [0.29, 0.717) is 41.1 Å². The van der Waals surface area contributed by atoms with Gasteiger partial charge in [0.2, 0.25) is 17.7 Å². The van der Waals surface area contributed by atoms with Gasteiger partial charge in [-0.05, 0) is 36.2 Å². The SMILES string of the molecule is COc1ccc2c(c1)C(=O)N(C[C@@]1(c3cc4nc(N5C(=O)CC[C@H]5CO)ccc4o3)CC(=O)NC1=O)C2. The molecule has 190 valence electrons. The van der Waals surface area contributed by atoms with Crippen LogP contribution in [0.5, 0.6) is 5.75 Å². The van der Waals surface area contributed by atoms with Crippen LogP contribution in [-0.4, -0.2) is 64.9 Å². The van der Waals surface area contributed by atoms with Crippen molar-refractivity contribution in [1.82, 2.24) is 15.2 Å². The van der Waals surface area contributed by atoms with E-state index in [9.17, 15) is 24.3 Å². The van der Waals surface area contributed by atoms with Gasteiger partial charge in [-0.2, -0.15) is 0 Å². The smallest absolute Gasteiger partial charge is 0.254 e. The lowest BCUT2D eigenvalue weighted by Crippen LogP contribution is -2.46. The first-order chi connectivity index (χ1) is 17.8. The van der Waals surface area contributed by atoms with Gasteiger partial charge in [-0.15, -0.1) is 0 Å². The van der Waals surface area contributed by atoms with Crippen molar-refractivity contribution in [3.63, 3.8) is 0 Å². The number of aliphatic hydroxyl groups is 1. The standard InChI is InChI=1S/C26H24N4O7/c1-36-16-4-2-14-11-29(24(34)17(14)8-16)13-26(10-22(32)28-25(26)35)20-9-18-19(37-20)5-6-21(27-18)30-15(12-31)3-7-23(30)33/h2,4-6,8-9,15,31H,3,7,10-13H2,1H3,(H,28,32,35)/t15-,26+/m0/s1. The molecule has 6 rings (SSSR count). The van der Waals surface area contributed by atoms with Gasteiger partial charge >= 0.3 is 0 Å². The molecule has 0 spiro atoms. The van der Waals surface area contributed by atoms with Crippen molar-refractivity contribution in [3.05, 3.63) is 53.3 Å². The first-order valence-corrected chi connectivity index (χ1v) is 12.0. The lowest BCUT2D eigenvalue weighted by atomic mass is 9.82. The van der Waals surface area contributed by atoms with Gasteiger partial charge in [0.15, 0.2) is 5.58 Å². The summed E-state index contributed by atoms with van der Waals surface area (Å²) < 4.78 is 11.3. The first kappa shape index (κ1) is 23.2. The molecular weight excluding hydrogens is 480 g/mol. The Bertz CT molecular complexity index is 1480. The van der Waals surface area contributed by atoms with Crippen molar-refractivity contribution in [2.75, 3.05) is 25.2 Å². The van der Waals surface area contributed by atoms with Crippen LogP contribution >= 0.6 is 0 Å². The summed E-state index contributed by atoms with van der Waals surface area (Å²) in [6.07, 6.45) is 0.680. The molecule has 11 heteroatoms. The number of pyridine rings is 1. The van der Waals surface area contributed by atoms with Crippen molar-refractivity contribution >= 4 is 40.5 Å². The Labute approximate surface area is 211 Å². The molecule has 2 atom stereocenters. The van der Waals surface area contributed by atoms with Crippen LogP contribution in [0.25, 0.3) is 11.1 Å². The number of imide groups is 1. The van der Waals surface area contributed by atoms with Crippen LogP contribution in [0.1, 0.15) is 40.9 Å². The number of hydrogen-bond donors (Lipinski definition) is 2. The zero-order valence-electron chi connectivity index (χ0n) is 20.0. The maximum atomic E-state index is 13.2. The number of amides is 4. The molecule has 11 nitrogen and oxygen atoms in total. The number of methoxy groups -OCH3 is 1. The van der Waals surface area contributed by atoms with Crippen LogP contribution in [-0.2, 0) is 26.3 Å². The first-order valence-electron chi connectivity index (χ1n) is 12.0. The zero-order chi connectivity index (χ0) is 25.9. The summed E-state index contributed by atoms with van der Waals surface area (Å²) in [6.45, 7) is 0.0412. The van der Waals surface area contributed by atoms with Crippen molar-refractivity contribution < 1.29 is 33.4 Å². The van der Waals surface area contributed by atoms with E-state index in [4.69, 9.17) is 9.15 Å². The molecule has 0 aliphatic carbocycles. The molecule has 0 radical (unpaired) electrons. The molecular formula is C26H24N4O7. The second-order valence-electron chi connectivity index (χ2n) is 9.62. The van der Waals surface area contributed by atoms with Crippen LogP contribution in [0.3, 0.4) is 0 Å². The van der Waals surface area contributed by atoms with Crippen LogP contribution in [0.4, 0.5) is 5.82 Å². The quantitative estimate of drug-likeness (QED) is 0.478. The van der Waals surface area contributed by atoms with Gasteiger partial charge in [0.1, 0.15) is 28.3 Å². The minimum absolute atomic E-state index is 0.0652. The predicted octanol–water partition coefficient (Wildman–Crippen LogP) is 1.26. The van der Waals surface area contributed by atoms with E-state index >= 15 is 0 Å². The molecule has 2 saturated heterocycles. The number of fused-ring (bicyclic) bond motifs is 2. The van der Waals surface area contributed by atoms with Gasteiger partial charge in [-0.1, -0.05) is 6.07 Å². The van der Waals surface area contributed by atoms with Crippen LogP contribution in [0.15, 0.2) is 40.8 Å². The molecule has 3 aliphatic heterocycles. The number of anilines is 1. The molecule has 0 bridgehead atoms. The van der Waals surface area contributed by atoms with Crippen molar-refractivity contribution in [1.29, 1.82) is 0 Å². The highest BCUT2D eigenvalue weighted by Crippen LogP contribution is 2.39. The summed E-state index contributed by atoms with van der Waals surface area (Å²) in [6, 6.07) is 9.75. The van der Waals surface area contributed by atoms with Crippen LogP contribution in [0.2, 0.25) is 0 Å². The summed E-state index contributed by atoms with van der Waals surface area (Å²) in [5, 5.41) is 12.0. The van der Waals surface area contributed by atoms with Gasteiger partial charge in [-0.25, -0.2) is 4.98 Å². The fourth-order valence-corrected chi connectivity index (χ4v) is 5.48. The van der Waals surface area contributed by atoms with Gasteiger partial charge in [-0.3, -0.25) is 29.4 Å². The molecule has 37 heavy (non-hydrogen) atoms. The number of hydrogen-bond acceptors (Lipinski definition) is 8. The van der Waals surface area contributed by atoms with Gasteiger partial charge < -0.3 is 19.2 Å². The normalized spacial score (nSPS) is 23.4. The van der Waals surface area contributed by atoms with Gasteiger partial charge in [0.25, 0.3) is 5.91 Å².